The molecule has 76 valence electrons. The predicted molar refractivity (Wildman–Crippen MR) is 44.2 cm³/mol. The van der Waals surface area contributed by atoms with E-state index < -0.39 is 0 Å². The van der Waals surface area contributed by atoms with Gasteiger partial charge in [-0.05, 0) is 0 Å². The average molecular weight is 189 g/mol. The molecule has 5 nitrogen and oxygen atoms in total. The molecule has 4 atom stereocenters. The molecule has 0 aromatic rings. The predicted octanol–water partition coefficient (Wildman–Crippen LogP) is -0.681. The number of methoxy groups -OCH3 is 1. The Hall–Kier alpha value is -0.200. The smallest absolute Gasteiger partial charge is 0.131 e. The van der Waals surface area contributed by atoms with Gasteiger partial charge in [-0.25, -0.2) is 5.48 Å². The molecule has 1 N–H and O–H groups in total. The molecule has 5 heteroatoms. The van der Waals surface area contributed by atoms with Gasteiger partial charge in [-0.15, -0.1) is 0 Å². The molecular formula is C8H15NO4. The number of rotatable bonds is 3. The Morgan fingerprint density at radius 2 is 1.77 bits per heavy atom. The van der Waals surface area contributed by atoms with Crippen molar-refractivity contribution in [3.63, 3.8) is 0 Å². The first-order chi connectivity index (χ1) is 6.36. The molecule has 13 heavy (non-hydrogen) atoms. The van der Waals surface area contributed by atoms with Crippen LogP contribution in [0.15, 0.2) is 0 Å². The van der Waals surface area contributed by atoms with Crippen LogP contribution in [0.5, 0.6) is 0 Å². The number of hydrogen-bond donors (Lipinski definition) is 1. The van der Waals surface area contributed by atoms with Gasteiger partial charge in [0.15, 0.2) is 0 Å². The monoisotopic (exact) mass is 189 g/mol. The number of hydrogen-bond acceptors (Lipinski definition) is 5. The summed E-state index contributed by atoms with van der Waals surface area (Å²) in [4.78, 5) is 5.25. The van der Waals surface area contributed by atoms with Gasteiger partial charge >= 0.3 is 0 Å². The zero-order valence-corrected chi connectivity index (χ0v) is 7.86. The van der Waals surface area contributed by atoms with Gasteiger partial charge in [-0.1, -0.05) is 0 Å². The van der Waals surface area contributed by atoms with E-state index in [2.05, 4.69) is 5.48 Å². The molecule has 2 aliphatic heterocycles. The van der Waals surface area contributed by atoms with E-state index in [9.17, 15) is 0 Å². The zero-order valence-electron chi connectivity index (χ0n) is 7.86. The molecule has 2 saturated heterocycles. The Morgan fingerprint density at radius 1 is 1.15 bits per heavy atom. The first-order valence-corrected chi connectivity index (χ1v) is 4.45. The van der Waals surface area contributed by atoms with Gasteiger partial charge < -0.3 is 14.2 Å². The van der Waals surface area contributed by atoms with Crippen molar-refractivity contribution in [2.45, 2.75) is 24.4 Å². The van der Waals surface area contributed by atoms with Crippen LogP contribution in [0, 0.1) is 0 Å². The summed E-state index contributed by atoms with van der Waals surface area (Å²) >= 11 is 0. The molecule has 2 rings (SSSR count). The molecule has 2 aliphatic rings. The molecular weight excluding hydrogens is 174 g/mol. The van der Waals surface area contributed by atoms with Crippen molar-refractivity contribution in [3.8, 4) is 0 Å². The first kappa shape index (κ1) is 9.36. The van der Waals surface area contributed by atoms with Crippen molar-refractivity contribution in [1.82, 2.24) is 5.48 Å². The number of ether oxygens (including phenoxy) is 3. The summed E-state index contributed by atoms with van der Waals surface area (Å²) in [6, 6.07) is 0. The Morgan fingerprint density at radius 3 is 2.38 bits per heavy atom. The molecule has 4 unspecified atom stereocenters. The Balaban J connectivity index is 1.95. The van der Waals surface area contributed by atoms with E-state index in [1.54, 1.807) is 14.2 Å². The lowest BCUT2D eigenvalue weighted by Crippen LogP contribution is -2.35. The maximum Gasteiger partial charge on any atom is 0.131 e. The Kier molecular flexibility index (Phi) is 2.80. The quantitative estimate of drug-likeness (QED) is 0.596. The van der Waals surface area contributed by atoms with Crippen LogP contribution in [-0.4, -0.2) is 51.8 Å². The van der Waals surface area contributed by atoms with Crippen LogP contribution in [0.3, 0.4) is 0 Å². The third-order valence-electron chi connectivity index (χ3n) is 2.53. The fraction of sp³-hybridized carbons (Fsp3) is 1.00. The molecule has 0 radical (unpaired) electrons. The molecule has 0 aliphatic carbocycles. The average Bonchev–Trinajstić information content (AvgIpc) is 2.68. The van der Waals surface area contributed by atoms with Gasteiger partial charge in [0.05, 0.1) is 13.2 Å². The maximum atomic E-state index is 5.53. The van der Waals surface area contributed by atoms with E-state index in [0.717, 1.165) is 0 Å². The minimum absolute atomic E-state index is 0.0115. The number of fused-ring (bicyclic) bond motifs is 1. The van der Waals surface area contributed by atoms with Crippen LogP contribution >= 0.6 is 0 Å². The van der Waals surface area contributed by atoms with Crippen LogP contribution < -0.4 is 5.48 Å². The third kappa shape index (κ3) is 1.58. The standard InChI is InChI=1S/C8H15NO4/c1-9-13-6-4-12-7-5(10-2)3-11-8(6)7/h5-9H,3-4H2,1-2H3. The van der Waals surface area contributed by atoms with Gasteiger partial charge in [-0.2, -0.15) is 0 Å². The second-order valence-electron chi connectivity index (χ2n) is 3.23. The molecule has 2 fully saturated rings. The molecule has 0 saturated carbocycles. The van der Waals surface area contributed by atoms with Gasteiger partial charge in [0.2, 0.25) is 0 Å². The minimum Gasteiger partial charge on any atom is -0.376 e. The molecule has 0 bridgehead atoms. The minimum atomic E-state index is -0.0184. The van der Waals surface area contributed by atoms with Crippen molar-refractivity contribution < 1.29 is 19.0 Å². The van der Waals surface area contributed by atoms with E-state index in [-0.39, 0.29) is 24.4 Å². The van der Waals surface area contributed by atoms with Gasteiger partial charge in [0.25, 0.3) is 0 Å². The zero-order chi connectivity index (χ0) is 9.26. The lowest BCUT2D eigenvalue weighted by molar-refractivity contribution is -0.0753. The van der Waals surface area contributed by atoms with Gasteiger partial charge in [-0.3, -0.25) is 4.84 Å². The van der Waals surface area contributed by atoms with Crippen molar-refractivity contribution in [2.75, 3.05) is 27.4 Å². The fourth-order valence-electron chi connectivity index (χ4n) is 1.88. The van der Waals surface area contributed by atoms with Crippen molar-refractivity contribution in [3.05, 3.63) is 0 Å². The number of nitrogens with one attached hydrogen (secondary N) is 1. The Labute approximate surface area is 77.2 Å². The SMILES string of the molecule is CNOC1COC2C(OC)COC12. The molecule has 0 amide bonds. The molecule has 0 aromatic heterocycles. The summed E-state index contributed by atoms with van der Waals surface area (Å²) < 4.78 is 16.3. The fourth-order valence-corrected chi connectivity index (χ4v) is 1.88. The van der Waals surface area contributed by atoms with Gasteiger partial charge in [0, 0.05) is 14.2 Å². The highest BCUT2D eigenvalue weighted by Crippen LogP contribution is 2.29. The topological polar surface area (TPSA) is 49.0 Å². The van der Waals surface area contributed by atoms with Crippen molar-refractivity contribution in [2.24, 2.45) is 0 Å². The summed E-state index contributed by atoms with van der Waals surface area (Å²) in [6.45, 7) is 1.16. The Bertz CT molecular complexity index is 178. The van der Waals surface area contributed by atoms with Crippen molar-refractivity contribution in [1.29, 1.82) is 0 Å². The van der Waals surface area contributed by atoms with E-state index in [1.165, 1.54) is 0 Å². The summed E-state index contributed by atoms with van der Waals surface area (Å²) in [5, 5.41) is 0. The van der Waals surface area contributed by atoms with Crippen molar-refractivity contribution >= 4 is 0 Å². The van der Waals surface area contributed by atoms with Crippen LogP contribution in [0.4, 0.5) is 0 Å². The normalized spacial score (nSPS) is 43.8. The maximum absolute atomic E-state index is 5.53. The highest BCUT2D eigenvalue weighted by atomic mass is 16.7. The van der Waals surface area contributed by atoms with Crippen LogP contribution in [0.2, 0.25) is 0 Å². The van der Waals surface area contributed by atoms with E-state index >= 15 is 0 Å². The summed E-state index contributed by atoms with van der Waals surface area (Å²) in [5.41, 5.74) is 2.65. The van der Waals surface area contributed by atoms with E-state index in [0.29, 0.717) is 13.2 Å². The van der Waals surface area contributed by atoms with Crippen LogP contribution in [-0.2, 0) is 19.0 Å². The highest BCUT2D eigenvalue weighted by Gasteiger charge is 2.48. The van der Waals surface area contributed by atoms with E-state index in [4.69, 9.17) is 19.0 Å². The van der Waals surface area contributed by atoms with E-state index in [1.807, 2.05) is 0 Å². The second kappa shape index (κ2) is 3.89. The summed E-state index contributed by atoms with van der Waals surface area (Å²) in [5.74, 6) is 0. The number of hydroxylamine groups is 1. The summed E-state index contributed by atoms with van der Waals surface area (Å²) in [7, 11) is 3.40. The van der Waals surface area contributed by atoms with Gasteiger partial charge in [0.1, 0.15) is 24.4 Å². The van der Waals surface area contributed by atoms with Crippen LogP contribution in [0.25, 0.3) is 0 Å². The third-order valence-corrected chi connectivity index (χ3v) is 2.53. The van der Waals surface area contributed by atoms with Crippen LogP contribution in [0.1, 0.15) is 0 Å². The lowest BCUT2D eigenvalue weighted by atomic mass is 10.1. The highest BCUT2D eigenvalue weighted by molar-refractivity contribution is 4.95. The summed E-state index contributed by atoms with van der Waals surface area (Å²) in [6.07, 6.45) is 0.0753. The lowest BCUT2D eigenvalue weighted by Gasteiger charge is -2.15. The molecule has 2 heterocycles. The second-order valence-corrected chi connectivity index (χ2v) is 3.23. The largest absolute Gasteiger partial charge is 0.376 e. The molecule has 0 spiro atoms. The molecule has 0 aromatic carbocycles. The first-order valence-electron chi connectivity index (χ1n) is 4.45.